The lowest BCUT2D eigenvalue weighted by Crippen LogP contribution is -2.33. The van der Waals surface area contributed by atoms with Gasteiger partial charge in [0, 0.05) is 17.4 Å². The van der Waals surface area contributed by atoms with Crippen molar-refractivity contribution in [3.63, 3.8) is 0 Å². The summed E-state index contributed by atoms with van der Waals surface area (Å²) in [5.41, 5.74) is 3.92. The first-order valence-corrected chi connectivity index (χ1v) is 11.8. The number of ether oxygens (including phenoxy) is 1. The molecule has 0 aliphatic heterocycles. The molecule has 0 aromatic heterocycles. The zero-order chi connectivity index (χ0) is 26.1. The number of hydrogen-bond donors (Lipinski definition) is 4. The van der Waals surface area contributed by atoms with Gasteiger partial charge in [0.15, 0.2) is 6.10 Å². The molecule has 0 saturated carbocycles. The van der Waals surface area contributed by atoms with E-state index in [0.29, 0.717) is 29.2 Å². The second-order valence-corrected chi connectivity index (χ2v) is 8.52. The number of phenolic OH excluding ortho intramolecular Hbond substituents is 1. The lowest BCUT2D eigenvalue weighted by atomic mass is 10.1. The standard InChI is InChI=1S/C28H32N4O4/c1-5-6-7-26(36-25-15-8-18(2)16-19(25)3)27(34)30-22-13-14-23(24(33)17-22)32-28(35)31-21-11-9-20(29-4)10-12-21/h8-17,26,33H,4-7H2,1-3H3,(H,30,34)(H2,31,32,35). The number of aromatic hydroxyl groups is 1. The molecule has 36 heavy (non-hydrogen) atoms. The number of amides is 3. The highest BCUT2D eigenvalue weighted by Gasteiger charge is 2.21. The number of aliphatic imine (C=N–C) groups is 1. The van der Waals surface area contributed by atoms with Gasteiger partial charge in [-0.2, -0.15) is 0 Å². The summed E-state index contributed by atoms with van der Waals surface area (Å²) in [4.78, 5) is 29.1. The summed E-state index contributed by atoms with van der Waals surface area (Å²) < 4.78 is 6.06. The molecule has 188 valence electrons. The number of rotatable bonds is 10. The van der Waals surface area contributed by atoms with Crippen molar-refractivity contribution in [1.82, 2.24) is 0 Å². The Morgan fingerprint density at radius 3 is 2.33 bits per heavy atom. The van der Waals surface area contributed by atoms with E-state index in [-0.39, 0.29) is 17.3 Å². The highest BCUT2D eigenvalue weighted by atomic mass is 16.5. The molecule has 1 unspecified atom stereocenters. The van der Waals surface area contributed by atoms with Gasteiger partial charge < -0.3 is 25.8 Å². The molecule has 3 amide bonds. The highest BCUT2D eigenvalue weighted by Crippen LogP contribution is 2.28. The highest BCUT2D eigenvalue weighted by molar-refractivity contribution is 6.01. The van der Waals surface area contributed by atoms with E-state index in [2.05, 4.69) is 34.6 Å². The number of carbonyl (C=O) groups is 2. The van der Waals surface area contributed by atoms with Crippen LogP contribution in [-0.4, -0.2) is 29.9 Å². The number of aryl methyl sites for hydroxylation is 2. The Kier molecular flexibility index (Phi) is 9.05. The van der Waals surface area contributed by atoms with Crippen molar-refractivity contribution in [2.24, 2.45) is 4.99 Å². The Bertz CT molecular complexity index is 1220. The average Bonchev–Trinajstić information content (AvgIpc) is 2.85. The molecule has 3 aromatic rings. The number of phenols is 1. The quantitative estimate of drug-likeness (QED) is 0.191. The smallest absolute Gasteiger partial charge is 0.323 e. The van der Waals surface area contributed by atoms with Crippen molar-refractivity contribution in [3.8, 4) is 11.5 Å². The van der Waals surface area contributed by atoms with Gasteiger partial charge in [0.25, 0.3) is 5.91 Å². The summed E-state index contributed by atoms with van der Waals surface area (Å²) >= 11 is 0. The lowest BCUT2D eigenvalue weighted by Gasteiger charge is -2.20. The van der Waals surface area contributed by atoms with Crippen LogP contribution in [0.15, 0.2) is 65.7 Å². The molecule has 3 aromatic carbocycles. The minimum Gasteiger partial charge on any atom is -0.506 e. The number of carbonyl (C=O) groups excluding carboxylic acids is 2. The third-order valence-corrected chi connectivity index (χ3v) is 5.53. The Morgan fingerprint density at radius 1 is 0.972 bits per heavy atom. The van der Waals surface area contributed by atoms with Gasteiger partial charge in [-0.3, -0.25) is 9.79 Å². The number of nitrogens with zero attached hydrogens (tertiary/aromatic N) is 1. The number of hydrogen-bond acceptors (Lipinski definition) is 5. The summed E-state index contributed by atoms with van der Waals surface area (Å²) in [6, 6.07) is 16.6. The van der Waals surface area contributed by atoms with Crippen LogP contribution < -0.4 is 20.7 Å². The van der Waals surface area contributed by atoms with Gasteiger partial charge in [-0.25, -0.2) is 4.79 Å². The van der Waals surface area contributed by atoms with Gasteiger partial charge >= 0.3 is 6.03 Å². The molecule has 8 heteroatoms. The summed E-state index contributed by atoms with van der Waals surface area (Å²) in [5.74, 6) is 0.175. The minimum atomic E-state index is -0.681. The first kappa shape index (κ1) is 26.3. The number of nitrogens with one attached hydrogen (secondary N) is 3. The predicted molar refractivity (Wildman–Crippen MR) is 145 cm³/mol. The number of benzene rings is 3. The van der Waals surface area contributed by atoms with Gasteiger partial charge in [-0.1, -0.05) is 31.0 Å². The fourth-order valence-corrected chi connectivity index (χ4v) is 3.59. The molecule has 0 spiro atoms. The SMILES string of the molecule is C=Nc1ccc(NC(=O)Nc2ccc(NC(=O)C(CCCC)Oc3ccc(C)cc3C)cc2O)cc1. The normalized spacial score (nSPS) is 11.3. The van der Waals surface area contributed by atoms with Crippen LogP contribution in [0.4, 0.5) is 27.5 Å². The van der Waals surface area contributed by atoms with Crippen molar-refractivity contribution in [2.45, 2.75) is 46.1 Å². The molecule has 0 aliphatic rings. The van der Waals surface area contributed by atoms with Gasteiger partial charge in [-0.05, 0) is 81.4 Å². The predicted octanol–water partition coefficient (Wildman–Crippen LogP) is 6.56. The fraction of sp³-hybridized carbons (Fsp3) is 0.250. The molecule has 0 saturated heterocycles. The van der Waals surface area contributed by atoms with Crippen LogP contribution in [0.25, 0.3) is 0 Å². The number of anilines is 3. The van der Waals surface area contributed by atoms with Crippen molar-refractivity contribution >= 4 is 41.4 Å². The van der Waals surface area contributed by atoms with Crippen LogP contribution in [0, 0.1) is 13.8 Å². The Morgan fingerprint density at radius 2 is 1.69 bits per heavy atom. The van der Waals surface area contributed by atoms with Crippen LogP contribution in [0.3, 0.4) is 0 Å². The first-order chi connectivity index (χ1) is 17.3. The van der Waals surface area contributed by atoms with Crippen LogP contribution >= 0.6 is 0 Å². The molecule has 1 atom stereocenters. The minimum absolute atomic E-state index is 0.186. The maximum absolute atomic E-state index is 13.0. The third-order valence-electron chi connectivity index (χ3n) is 5.53. The van der Waals surface area contributed by atoms with Crippen molar-refractivity contribution in [2.75, 3.05) is 16.0 Å². The van der Waals surface area contributed by atoms with E-state index in [9.17, 15) is 14.7 Å². The van der Waals surface area contributed by atoms with Crippen molar-refractivity contribution in [1.29, 1.82) is 0 Å². The van der Waals surface area contributed by atoms with E-state index in [0.717, 1.165) is 24.0 Å². The maximum atomic E-state index is 13.0. The second-order valence-electron chi connectivity index (χ2n) is 8.52. The molecular weight excluding hydrogens is 456 g/mol. The molecular formula is C28H32N4O4. The van der Waals surface area contributed by atoms with E-state index in [1.807, 2.05) is 32.0 Å². The van der Waals surface area contributed by atoms with Crippen LogP contribution in [-0.2, 0) is 4.79 Å². The van der Waals surface area contributed by atoms with Crippen molar-refractivity contribution in [3.05, 3.63) is 71.8 Å². The van der Waals surface area contributed by atoms with Crippen LogP contribution in [0.5, 0.6) is 11.5 Å². The monoisotopic (exact) mass is 488 g/mol. The Labute approximate surface area is 211 Å². The van der Waals surface area contributed by atoms with E-state index >= 15 is 0 Å². The number of urea groups is 1. The van der Waals surface area contributed by atoms with Crippen LogP contribution in [0.1, 0.15) is 37.3 Å². The summed E-state index contributed by atoms with van der Waals surface area (Å²) in [5, 5.41) is 18.5. The van der Waals surface area contributed by atoms with E-state index < -0.39 is 12.1 Å². The fourth-order valence-electron chi connectivity index (χ4n) is 3.59. The molecule has 0 radical (unpaired) electrons. The van der Waals surface area contributed by atoms with Crippen molar-refractivity contribution < 1.29 is 19.4 Å². The Hall–Kier alpha value is -4.33. The zero-order valence-electron chi connectivity index (χ0n) is 20.8. The first-order valence-electron chi connectivity index (χ1n) is 11.8. The third kappa shape index (κ3) is 7.33. The van der Waals surface area contributed by atoms with Gasteiger partial charge in [0.1, 0.15) is 11.5 Å². The van der Waals surface area contributed by atoms with Gasteiger partial charge in [0.05, 0.1) is 11.4 Å². The molecule has 0 fully saturated rings. The largest absolute Gasteiger partial charge is 0.506 e. The van der Waals surface area contributed by atoms with Crippen LogP contribution in [0.2, 0.25) is 0 Å². The summed E-state index contributed by atoms with van der Waals surface area (Å²) in [6.07, 6.45) is 1.64. The van der Waals surface area contributed by atoms with Gasteiger partial charge in [-0.15, -0.1) is 0 Å². The number of unbranched alkanes of at least 4 members (excludes halogenated alkanes) is 1. The molecule has 8 nitrogen and oxygen atoms in total. The van der Waals surface area contributed by atoms with E-state index in [4.69, 9.17) is 4.74 Å². The average molecular weight is 489 g/mol. The molecule has 3 rings (SSSR count). The second kappa shape index (κ2) is 12.4. The molecule has 0 bridgehead atoms. The molecule has 0 aliphatic carbocycles. The van der Waals surface area contributed by atoms with E-state index in [1.54, 1.807) is 30.3 Å². The Balaban J connectivity index is 1.64. The lowest BCUT2D eigenvalue weighted by molar-refractivity contribution is -0.123. The molecule has 4 N–H and O–H groups in total. The summed E-state index contributed by atoms with van der Waals surface area (Å²) in [7, 11) is 0. The van der Waals surface area contributed by atoms with E-state index in [1.165, 1.54) is 12.1 Å². The zero-order valence-corrected chi connectivity index (χ0v) is 20.8. The maximum Gasteiger partial charge on any atom is 0.323 e. The summed E-state index contributed by atoms with van der Waals surface area (Å²) in [6.45, 7) is 9.46. The molecule has 0 heterocycles. The van der Waals surface area contributed by atoms with Gasteiger partial charge in [0.2, 0.25) is 0 Å². The topological polar surface area (TPSA) is 112 Å².